The third-order valence-corrected chi connectivity index (χ3v) is 5.31. The van der Waals surface area contributed by atoms with Crippen LogP contribution in [0, 0.1) is 11.8 Å². The molecule has 27 heavy (non-hydrogen) atoms. The van der Waals surface area contributed by atoms with Gasteiger partial charge in [0.05, 0.1) is 5.56 Å². The van der Waals surface area contributed by atoms with Gasteiger partial charge in [0.25, 0.3) is 5.91 Å². The molecule has 1 saturated carbocycles. The highest BCUT2D eigenvalue weighted by atomic mass is 19.3. The van der Waals surface area contributed by atoms with Crippen molar-refractivity contribution >= 4 is 11.8 Å². The maximum atomic E-state index is 13.3. The van der Waals surface area contributed by atoms with Crippen molar-refractivity contribution < 1.29 is 31.9 Å². The van der Waals surface area contributed by atoms with Crippen molar-refractivity contribution in [1.29, 1.82) is 0 Å². The largest absolute Gasteiger partial charge is 0.461 e. The van der Waals surface area contributed by atoms with Gasteiger partial charge in [-0.25, -0.2) is 0 Å². The number of rotatable bonds is 5. The number of fused-ring (bicyclic) bond motifs is 1. The lowest BCUT2D eigenvalue weighted by atomic mass is 9.89. The van der Waals surface area contributed by atoms with E-state index < -0.39 is 24.2 Å². The SMILES string of the molecule is CN(C(=O)c1ccccc1OC(F)(F)C(F)F)[C@H]1C[C@H]2CC(=O)NC[C@H]2C1. The Balaban J connectivity index is 1.75. The van der Waals surface area contributed by atoms with Crippen LogP contribution in [0.3, 0.4) is 0 Å². The molecule has 3 rings (SSSR count). The lowest BCUT2D eigenvalue weighted by Crippen LogP contribution is -2.38. The van der Waals surface area contributed by atoms with E-state index in [1.165, 1.54) is 23.1 Å². The number of carbonyl (C=O) groups excluding carboxylic acids is 2. The third kappa shape index (κ3) is 4.01. The fourth-order valence-electron chi connectivity index (χ4n) is 3.83. The van der Waals surface area contributed by atoms with Gasteiger partial charge < -0.3 is 15.0 Å². The van der Waals surface area contributed by atoms with Gasteiger partial charge in [-0.15, -0.1) is 0 Å². The topological polar surface area (TPSA) is 58.6 Å². The fourth-order valence-corrected chi connectivity index (χ4v) is 3.83. The molecule has 1 N–H and O–H groups in total. The highest BCUT2D eigenvalue weighted by Gasteiger charge is 2.45. The van der Waals surface area contributed by atoms with E-state index in [9.17, 15) is 27.2 Å². The molecular formula is C18H20F4N2O3. The Morgan fingerprint density at radius 3 is 2.63 bits per heavy atom. The van der Waals surface area contributed by atoms with Crippen LogP contribution in [0.1, 0.15) is 29.6 Å². The number of halogens is 4. The number of alkyl halides is 4. The van der Waals surface area contributed by atoms with E-state index >= 15 is 0 Å². The summed E-state index contributed by atoms with van der Waals surface area (Å²) in [5.41, 5.74) is -0.204. The molecule has 9 heteroatoms. The number of nitrogens with one attached hydrogen (secondary N) is 1. The first-order chi connectivity index (χ1) is 12.7. The van der Waals surface area contributed by atoms with Gasteiger partial charge >= 0.3 is 12.5 Å². The minimum atomic E-state index is -4.69. The van der Waals surface area contributed by atoms with Crippen LogP contribution < -0.4 is 10.1 Å². The Morgan fingerprint density at radius 2 is 1.93 bits per heavy atom. The van der Waals surface area contributed by atoms with Crippen LogP contribution in [0.4, 0.5) is 17.6 Å². The normalized spacial score (nSPS) is 25.1. The lowest BCUT2D eigenvalue weighted by molar-refractivity contribution is -0.253. The molecule has 0 unspecified atom stereocenters. The Labute approximate surface area is 153 Å². The summed E-state index contributed by atoms with van der Waals surface area (Å²) in [4.78, 5) is 25.8. The molecule has 1 aromatic rings. The third-order valence-electron chi connectivity index (χ3n) is 5.31. The Bertz CT molecular complexity index is 728. The van der Waals surface area contributed by atoms with Gasteiger partial charge in [0, 0.05) is 26.1 Å². The molecule has 0 spiro atoms. The van der Waals surface area contributed by atoms with E-state index in [-0.39, 0.29) is 29.3 Å². The number of carbonyl (C=O) groups is 2. The molecule has 1 heterocycles. The van der Waals surface area contributed by atoms with Gasteiger partial charge in [-0.1, -0.05) is 12.1 Å². The number of ether oxygens (including phenoxy) is 1. The van der Waals surface area contributed by atoms with E-state index in [2.05, 4.69) is 10.1 Å². The first kappa shape index (κ1) is 19.4. The predicted octanol–water partition coefficient (Wildman–Crippen LogP) is 2.91. The molecule has 1 saturated heterocycles. The zero-order valence-corrected chi connectivity index (χ0v) is 14.6. The predicted molar refractivity (Wildman–Crippen MR) is 87.7 cm³/mol. The first-order valence-corrected chi connectivity index (χ1v) is 8.67. The van der Waals surface area contributed by atoms with Crippen molar-refractivity contribution in [3.05, 3.63) is 29.8 Å². The monoisotopic (exact) mass is 388 g/mol. The van der Waals surface area contributed by atoms with Crippen molar-refractivity contribution in [1.82, 2.24) is 10.2 Å². The number of hydrogen-bond acceptors (Lipinski definition) is 3. The molecule has 148 valence electrons. The first-order valence-electron chi connectivity index (χ1n) is 8.67. The molecule has 5 nitrogen and oxygen atoms in total. The van der Waals surface area contributed by atoms with Gasteiger partial charge in [0.15, 0.2) is 0 Å². The molecule has 2 fully saturated rings. The second-order valence-electron chi connectivity index (χ2n) is 7.03. The van der Waals surface area contributed by atoms with Crippen LogP contribution in [0.25, 0.3) is 0 Å². The standard InChI is InChI=1S/C18H20F4N2O3/c1-24(12-6-10-8-15(25)23-9-11(10)7-12)16(26)13-4-2-3-5-14(13)27-18(21,22)17(19)20/h2-5,10-12,17H,6-9H2,1H3,(H,23,25)/t10-,11+,12-/m0/s1. The molecule has 1 aliphatic carbocycles. The molecule has 1 aromatic carbocycles. The van der Waals surface area contributed by atoms with E-state index in [0.717, 1.165) is 6.07 Å². The second-order valence-corrected chi connectivity index (χ2v) is 7.03. The highest BCUT2D eigenvalue weighted by Crippen LogP contribution is 2.39. The second kappa shape index (κ2) is 7.36. The molecule has 2 amide bonds. The van der Waals surface area contributed by atoms with Crippen molar-refractivity contribution in [2.45, 2.75) is 37.8 Å². The molecule has 1 aliphatic heterocycles. The number of piperidine rings is 1. The molecule has 2 aliphatic rings. The summed E-state index contributed by atoms with van der Waals surface area (Å²) in [6.07, 6.45) is -6.98. The zero-order chi connectivity index (χ0) is 19.8. The number of amides is 2. The van der Waals surface area contributed by atoms with Crippen molar-refractivity contribution in [3.63, 3.8) is 0 Å². The van der Waals surface area contributed by atoms with Crippen molar-refractivity contribution in [3.8, 4) is 5.75 Å². The van der Waals surface area contributed by atoms with E-state index in [0.29, 0.717) is 25.8 Å². The molecule has 0 bridgehead atoms. The number of para-hydroxylation sites is 1. The van der Waals surface area contributed by atoms with Gasteiger partial charge in [-0.05, 0) is 36.8 Å². The van der Waals surface area contributed by atoms with Crippen LogP contribution in [0.15, 0.2) is 24.3 Å². The maximum Gasteiger partial charge on any atom is 0.461 e. The Hall–Kier alpha value is -2.32. The van der Waals surface area contributed by atoms with Crippen LogP contribution in [-0.4, -0.2) is 48.9 Å². The number of nitrogens with zero attached hydrogens (tertiary/aromatic N) is 1. The highest BCUT2D eigenvalue weighted by molar-refractivity contribution is 5.97. The fraction of sp³-hybridized carbons (Fsp3) is 0.556. The van der Waals surface area contributed by atoms with Crippen LogP contribution in [0.2, 0.25) is 0 Å². The van der Waals surface area contributed by atoms with Gasteiger partial charge in [-0.3, -0.25) is 9.59 Å². The minimum absolute atomic E-state index is 0.0149. The summed E-state index contributed by atoms with van der Waals surface area (Å²) in [5.74, 6) is -0.754. The van der Waals surface area contributed by atoms with E-state index in [1.807, 2.05) is 0 Å². The van der Waals surface area contributed by atoms with Crippen molar-refractivity contribution in [2.24, 2.45) is 11.8 Å². The van der Waals surface area contributed by atoms with E-state index in [1.54, 1.807) is 7.05 Å². The average molecular weight is 388 g/mol. The summed E-state index contributed by atoms with van der Waals surface area (Å²) in [5, 5.41) is 2.80. The molecule has 0 aromatic heterocycles. The Kier molecular flexibility index (Phi) is 5.30. The summed E-state index contributed by atoms with van der Waals surface area (Å²) in [7, 11) is 1.54. The van der Waals surface area contributed by atoms with Crippen molar-refractivity contribution in [2.75, 3.05) is 13.6 Å². The summed E-state index contributed by atoms with van der Waals surface area (Å²) < 4.78 is 55.6. The molecular weight excluding hydrogens is 368 g/mol. The molecule has 0 radical (unpaired) electrons. The summed E-state index contributed by atoms with van der Waals surface area (Å²) in [6.45, 7) is 0.558. The maximum absolute atomic E-state index is 13.3. The summed E-state index contributed by atoms with van der Waals surface area (Å²) in [6, 6.07) is 4.95. The van der Waals surface area contributed by atoms with Crippen LogP contribution in [0.5, 0.6) is 5.75 Å². The van der Waals surface area contributed by atoms with Crippen LogP contribution >= 0.6 is 0 Å². The quantitative estimate of drug-likeness (QED) is 0.790. The number of benzene rings is 1. The van der Waals surface area contributed by atoms with Gasteiger partial charge in [0.2, 0.25) is 5.91 Å². The lowest BCUT2D eigenvalue weighted by Gasteiger charge is -2.26. The average Bonchev–Trinajstić information content (AvgIpc) is 3.03. The van der Waals surface area contributed by atoms with Gasteiger partial charge in [0.1, 0.15) is 5.75 Å². The van der Waals surface area contributed by atoms with Crippen LogP contribution in [-0.2, 0) is 4.79 Å². The minimum Gasteiger partial charge on any atom is -0.427 e. The summed E-state index contributed by atoms with van der Waals surface area (Å²) >= 11 is 0. The smallest absolute Gasteiger partial charge is 0.427 e. The van der Waals surface area contributed by atoms with Gasteiger partial charge in [-0.2, -0.15) is 17.6 Å². The number of hydrogen-bond donors (Lipinski definition) is 1. The zero-order valence-electron chi connectivity index (χ0n) is 14.6. The van der Waals surface area contributed by atoms with E-state index in [4.69, 9.17) is 0 Å². The Morgan fingerprint density at radius 1 is 1.26 bits per heavy atom. The molecule has 3 atom stereocenters.